The second kappa shape index (κ2) is 12.0. The van der Waals surface area contributed by atoms with Crippen molar-refractivity contribution in [2.45, 2.75) is 65.2 Å². The van der Waals surface area contributed by atoms with E-state index in [4.69, 9.17) is 24.7 Å². The molecule has 0 unspecified atom stereocenters. The molecule has 2 aliphatic rings. The standard InChI is InChI=1S/C28H36N2O6/c1-3-11-33-25-17-23-19(7-5-13-35-23)15-21(25)30(28(32)10-9-27(29)31)22-16-20-8-6-14-36-24(20)18-26(22)34-12-4-2/h15-18H,3-14H2,1-2H3,(H2,29,31). The van der Waals surface area contributed by atoms with Crippen molar-refractivity contribution < 1.29 is 28.5 Å². The number of primary amides is 1. The first kappa shape index (κ1) is 25.7. The Hall–Kier alpha value is -3.42. The molecule has 2 amide bonds. The van der Waals surface area contributed by atoms with Crippen LogP contribution in [0.1, 0.15) is 63.5 Å². The number of carbonyl (C=O) groups excluding carboxylic acids is 2. The van der Waals surface area contributed by atoms with Crippen LogP contribution in [-0.2, 0) is 22.4 Å². The molecule has 4 rings (SSSR count). The lowest BCUT2D eigenvalue weighted by Crippen LogP contribution is -2.29. The highest BCUT2D eigenvalue weighted by molar-refractivity contribution is 6.04. The van der Waals surface area contributed by atoms with E-state index < -0.39 is 5.91 Å². The summed E-state index contributed by atoms with van der Waals surface area (Å²) in [6.07, 6.45) is 5.04. The fraction of sp³-hybridized carbons (Fsp3) is 0.500. The summed E-state index contributed by atoms with van der Waals surface area (Å²) in [7, 11) is 0. The third-order valence-corrected chi connectivity index (χ3v) is 6.22. The van der Waals surface area contributed by atoms with Crippen LogP contribution in [0.4, 0.5) is 11.4 Å². The van der Waals surface area contributed by atoms with Crippen LogP contribution in [0.5, 0.6) is 23.0 Å². The molecule has 2 N–H and O–H groups in total. The van der Waals surface area contributed by atoms with Crippen LogP contribution in [0.25, 0.3) is 0 Å². The maximum atomic E-state index is 13.8. The van der Waals surface area contributed by atoms with Gasteiger partial charge in [0.25, 0.3) is 0 Å². The Bertz CT molecular complexity index is 1030. The zero-order valence-electron chi connectivity index (χ0n) is 21.3. The summed E-state index contributed by atoms with van der Waals surface area (Å²) < 4.78 is 24.0. The largest absolute Gasteiger partial charge is 0.493 e. The molecule has 2 aromatic carbocycles. The van der Waals surface area contributed by atoms with Crippen LogP contribution >= 0.6 is 0 Å². The van der Waals surface area contributed by atoms with Gasteiger partial charge in [-0.3, -0.25) is 14.5 Å². The van der Waals surface area contributed by atoms with Crippen molar-refractivity contribution in [1.82, 2.24) is 0 Å². The monoisotopic (exact) mass is 496 g/mol. The number of fused-ring (bicyclic) bond motifs is 2. The number of rotatable bonds is 11. The molecule has 0 fully saturated rings. The van der Waals surface area contributed by atoms with E-state index in [2.05, 4.69) is 0 Å². The minimum Gasteiger partial charge on any atom is -0.493 e. The Labute approximate surface area is 212 Å². The molecule has 8 nitrogen and oxygen atoms in total. The summed E-state index contributed by atoms with van der Waals surface area (Å²) in [4.78, 5) is 27.0. The highest BCUT2D eigenvalue weighted by atomic mass is 16.5. The fourth-order valence-corrected chi connectivity index (χ4v) is 4.48. The van der Waals surface area contributed by atoms with Gasteiger partial charge in [0.1, 0.15) is 23.0 Å². The summed E-state index contributed by atoms with van der Waals surface area (Å²) in [6, 6.07) is 7.70. The molecule has 2 heterocycles. The summed E-state index contributed by atoms with van der Waals surface area (Å²) in [6.45, 7) is 6.36. The van der Waals surface area contributed by atoms with Crippen molar-refractivity contribution in [2.75, 3.05) is 31.3 Å². The van der Waals surface area contributed by atoms with Gasteiger partial charge in [-0.05, 0) is 61.8 Å². The van der Waals surface area contributed by atoms with Gasteiger partial charge in [-0.2, -0.15) is 0 Å². The van der Waals surface area contributed by atoms with E-state index in [1.165, 1.54) is 0 Å². The van der Waals surface area contributed by atoms with Gasteiger partial charge in [-0.25, -0.2) is 0 Å². The molecule has 0 radical (unpaired) electrons. The molecule has 0 bridgehead atoms. The van der Waals surface area contributed by atoms with Crippen LogP contribution in [0.3, 0.4) is 0 Å². The van der Waals surface area contributed by atoms with E-state index in [-0.39, 0.29) is 18.7 Å². The maximum Gasteiger partial charge on any atom is 0.232 e. The minimum atomic E-state index is -0.522. The maximum absolute atomic E-state index is 13.8. The number of hydrogen-bond donors (Lipinski definition) is 1. The quantitative estimate of drug-likeness (QED) is 0.478. The van der Waals surface area contributed by atoms with Gasteiger partial charge in [0.05, 0.1) is 37.8 Å². The zero-order valence-corrected chi connectivity index (χ0v) is 21.3. The predicted octanol–water partition coefficient (Wildman–Crippen LogP) is 4.84. The molecule has 0 atom stereocenters. The van der Waals surface area contributed by atoms with Crippen LogP contribution < -0.4 is 29.6 Å². The highest BCUT2D eigenvalue weighted by Crippen LogP contribution is 2.46. The number of benzene rings is 2. The molecular weight excluding hydrogens is 460 g/mol. The van der Waals surface area contributed by atoms with Gasteiger partial charge in [-0.15, -0.1) is 0 Å². The zero-order chi connectivity index (χ0) is 25.5. The van der Waals surface area contributed by atoms with Gasteiger partial charge >= 0.3 is 0 Å². The number of nitrogens with two attached hydrogens (primary N) is 1. The van der Waals surface area contributed by atoms with Crippen molar-refractivity contribution in [3.05, 3.63) is 35.4 Å². The predicted molar refractivity (Wildman–Crippen MR) is 138 cm³/mol. The van der Waals surface area contributed by atoms with E-state index in [0.29, 0.717) is 49.3 Å². The Morgan fingerprint density at radius 3 is 1.78 bits per heavy atom. The molecule has 8 heteroatoms. The number of hydrogen-bond acceptors (Lipinski definition) is 6. The lowest BCUT2D eigenvalue weighted by Gasteiger charge is -2.30. The molecule has 0 aliphatic carbocycles. The Balaban J connectivity index is 1.88. The van der Waals surface area contributed by atoms with E-state index in [1.54, 1.807) is 4.90 Å². The number of anilines is 2. The van der Waals surface area contributed by atoms with Crippen LogP contribution in [-0.4, -0.2) is 38.2 Å². The topological polar surface area (TPSA) is 100 Å². The molecular formula is C28H36N2O6. The molecule has 0 aromatic heterocycles. The van der Waals surface area contributed by atoms with E-state index in [0.717, 1.165) is 61.2 Å². The first-order chi connectivity index (χ1) is 17.5. The van der Waals surface area contributed by atoms with Crippen LogP contribution in [0.15, 0.2) is 24.3 Å². The van der Waals surface area contributed by atoms with Crippen molar-refractivity contribution >= 4 is 23.2 Å². The lowest BCUT2D eigenvalue weighted by molar-refractivity contribution is -0.123. The minimum absolute atomic E-state index is 0.0308. The van der Waals surface area contributed by atoms with E-state index in [1.807, 2.05) is 38.1 Å². The average Bonchev–Trinajstić information content (AvgIpc) is 2.89. The Kier molecular flexibility index (Phi) is 8.57. The van der Waals surface area contributed by atoms with E-state index >= 15 is 0 Å². The van der Waals surface area contributed by atoms with Crippen molar-refractivity contribution in [3.8, 4) is 23.0 Å². The third kappa shape index (κ3) is 5.86. The Morgan fingerprint density at radius 2 is 1.33 bits per heavy atom. The molecule has 0 spiro atoms. The summed E-state index contributed by atoms with van der Waals surface area (Å²) in [5.74, 6) is 1.89. The van der Waals surface area contributed by atoms with Crippen molar-refractivity contribution in [1.29, 1.82) is 0 Å². The molecule has 2 aromatic rings. The second-order valence-corrected chi connectivity index (χ2v) is 9.15. The summed E-state index contributed by atoms with van der Waals surface area (Å²) in [5.41, 5.74) is 8.66. The van der Waals surface area contributed by atoms with Gasteiger partial charge in [0, 0.05) is 25.0 Å². The molecule has 0 saturated heterocycles. The number of ether oxygens (including phenoxy) is 4. The Morgan fingerprint density at radius 1 is 0.833 bits per heavy atom. The second-order valence-electron chi connectivity index (χ2n) is 9.15. The smallest absolute Gasteiger partial charge is 0.232 e. The van der Waals surface area contributed by atoms with Gasteiger partial charge in [0.2, 0.25) is 11.8 Å². The lowest BCUT2D eigenvalue weighted by atomic mass is 10.0. The fourth-order valence-electron chi connectivity index (χ4n) is 4.48. The first-order valence-electron chi connectivity index (χ1n) is 13.0. The highest BCUT2D eigenvalue weighted by Gasteiger charge is 2.29. The SMILES string of the molecule is CCCOc1cc2c(cc1N(C(=O)CCC(N)=O)c1cc3c(cc1OCCC)OCCC3)CCCO2. The van der Waals surface area contributed by atoms with Crippen LogP contribution in [0.2, 0.25) is 0 Å². The first-order valence-corrected chi connectivity index (χ1v) is 13.0. The average molecular weight is 497 g/mol. The number of aryl methyl sites for hydroxylation is 2. The van der Waals surface area contributed by atoms with Crippen molar-refractivity contribution in [3.63, 3.8) is 0 Å². The normalized spacial score (nSPS) is 14.1. The third-order valence-electron chi connectivity index (χ3n) is 6.22. The van der Waals surface area contributed by atoms with Gasteiger partial charge in [0.15, 0.2) is 0 Å². The summed E-state index contributed by atoms with van der Waals surface area (Å²) in [5, 5.41) is 0. The molecule has 194 valence electrons. The van der Waals surface area contributed by atoms with Gasteiger partial charge in [-0.1, -0.05) is 13.8 Å². The number of carbonyl (C=O) groups is 2. The number of nitrogens with zero attached hydrogens (tertiary/aromatic N) is 1. The van der Waals surface area contributed by atoms with Crippen molar-refractivity contribution in [2.24, 2.45) is 5.73 Å². The molecule has 0 saturated carbocycles. The van der Waals surface area contributed by atoms with Crippen LogP contribution in [0, 0.1) is 0 Å². The number of amides is 2. The molecule has 36 heavy (non-hydrogen) atoms. The van der Waals surface area contributed by atoms with E-state index in [9.17, 15) is 9.59 Å². The van der Waals surface area contributed by atoms with Gasteiger partial charge < -0.3 is 24.7 Å². The summed E-state index contributed by atoms with van der Waals surface area (Å²) >= 11 is 0. The molecule has 2 aliphatic heterocycles.